The van der Waals surface area contributed by atoms with Gasteiger partial charge in [0, 0.05) is 12.8 Å². The van der Waals surface area contributed by atoms with Crippen LogP contribution in [0.5, 0.6) is 0 Å². The standard InChI is InChI=1S/C13H19O6P.C2H6O/c1-3-4-8-20(18,19)10-9(11(14)15)6-5-7-13(10,2)12(16)17;1-2-3/h5-7,10H,3-4,8H2,1-2H3,(H,14,15)(H,16,17)(H,18,19);3H,2H2,1H3. The molecular formula is C15H25O7P. The molecule has 3 atom stereocenters. The van der Waals surface area contributed by atoms with Crippen LogP contribution < -0.4 is 0 Å². The van der Waals surface area contributed by atoms with E-state index in [2.05, 4.69) is 0 Å². The topological polar surface area (TPSA) is 132 Å². The van der Waals surface area contributed by atoms with Crippen molar-refractivity contribution in [3.05, 3.63) is 23.8 Å². The molecule has 1 aliphatic carbocycles. The summed E-state index contributed by atoms with van der Waals surface area (Å²) in [5, 5.41) is 26.1. The fourth-order valence-electron chi connectivity index (χ4n) is 2.38. The largest absolute Gasteiger partial charge is 0.481 e. The summed E-state index contributed by atoms with van der Waals surface area (Å²) in [6.45, 7) is 5.05. The summed E-state index contributed by atoms with van der Waals surface area (Å²) < 4.78 is 12.5. The zero-order valence-corrected chi connectivity index (χ0v) is 14.5. The van der Waals surface area contributed by atoms with Crippen molar-refractivity contribution in [1.82, 2.24) is 0 Å². The first-order chi connectivity index (χ1) is 10.6. The number of rotatable bonds is 6. The van der Waals surface area contributed by atoms with E-state index in [1.807, 2.05) is 6.92 Å². The molecule has 0 aromatic carbocycles. The minimum absolute atomic E-state index is 0.0878. The van der Waals surface area contributed by atoms with E-state index in [0.29, 0.717) is 12.8 Å². The van der Waals surface area contributed by atoms with Crippen LogP contribution in [-0.2, 0) is 14.2 Å². The zero-order chi connectivity index (χ0) is 18.3. The average Bonchev–Trinajstić information content (AvgIpc) is 2.45. The molecule has 132 valence electrons. The Morgan fingerprint density at radius 1 is 1.30 bits per heavy atom. The fraction of sp³-hybridized carbons (Fsp3) is 0.600. The summed E-state index contributed by atoms with van der Waals surface area (Å²) >= 11 is 0. The van der Waals surface area contributed by atoms with Gasteiger partial charge in [-0.2, -0.15) is 0 Å². The molecular weight excluding hydrogens is 323 g/mol. The number of carbonyl (C=O) groups is 2. The molecule has 0 radical (unpaired) electrons. The van der Waals surface area contributed by atoms with Crippen molar-refractivity contribution in [2.75, 3.05) is 12.8 Å². The highest BCUT2D eigenvalue weighted by molar-refractivity contribution is 7.59. The van der Waals surface area contributed by atoms with E-state index in [-0.39, 0.29) is 18.3 Å². The average molecular weight is 348 g/mol. The third-order valence-corrected chi connectivity index (χ3v) is 6.10. The lowest BCUT2D eigenvalue weighted by molar-refractivity contribution is -0.145. The van der Waals surface area contributed by atoms with Crippen LogP contribution >= 0.6 is 7.37 Å². The van der Waals surface area contributed by atoms with Gasteiger partial charge in [0.2, 0.25) is 7.37 Å². The molecule has 1 aliphatic rings. The van der Waals surface area contributed by atoms with Crippen LogP contribution in [0, 0.1) is 5.41 Å². The van der Waals surface area contributed by atoms with Gasteiger partial charge in [-0.3, -0.25) is 9.36 Å². The van der Waals surface area contributed by atoms with Crippen LogP contribution in [0.4, 0.5) is 0 Å². The molecule has 0 spiro atoms. The van der Waals surface area contributed by atoms with Gasteiger partial charge >= 0.3 is 11.9 Å². The van der Waals surface area contributed by atoms with Gasteiger partial charge < -0.3 is 20.2 Å². The Bertz CT molecular complexity index is 538. The van der Waals surface area contributed by atoms with E-state index in [0.717, 1.165) is 0 Å². The van der Waals surface area contributed by atoms with Gasteiger partial charge in [0.15, 0.2) is 0 Å². The van der Waals surface area contributed by atoms with E-state index >= 15 is 0 Å². The highest BCUT2D eigenvalue weighted by atomic mass is 31.2. The summed E-state index contributed by atoms with van der Waals surface area (Å²) in [6.07, 6.45) is 4.82. The van der Waals surface area contributed by atoms with Gasteiger partial charge in [-0.05, 0) is 20.3 Å². The number of hydrogen-bond acceptors (Lipinski definition) is 4. The van der Waals surface area contributed by atoms with Crippen LogP contribution in [0.2, 0.25) is 0 Å². The second-order valence-electron chi connectivity index (χ2n) is 5.43. The van der Waals surface area contributed by atoms with E-state index in [9.17, 15) is 29.3 Å². The summed E-state index contributed by atoms with van der Waals surface area (Å²) in [6, 6.07) is 0. The number of hydrogen-bond donors (Lipinski definition) is 4. The molecule has 8 heteroatoms. The number of aliphatic carboxylic acids is 2. The van der Waals surface area contributed by atoms with Crippen LogP contribution in [0.25, 0.3) is 0 Å². The third kappa shape index (κ3) is 5.30. The number of allylic oxidation sites excluding steroid dienone is 2. The summed E-state index contributed by atoms with van der Waals surface area (Å²) in [4.78, 5) is 33.0. The number of aliphatic hydroxyl groups is 1. The normalized spacial score (nSPS) is 25.6. The van der Waals surface area contributed by atoms with Gasteiger partial charge in [-0.15, -0.1) is 0 Å². The molecule has 0 saturated heterocycles. The van der Waals surface area contributed by atoms with Gasteiger partial charge in [0.1, 0.15) is 0 Å². The lowest BCUT2D eigenvalue weighted by Gasteiger charge is -2.36. The maximum absolute atomic E-state index is 12.5. The molecule has 0 fully saturated rings. The molecule has 0 aliphatic heterocycles. The predicted molar refractivity (Wildman–Crippen MR) is 86.7 cm³/mol. The monoisotopic (exact) mass is 348 g/mol. The maximum Gasteiger partial charge on any atom is 0.332 e. The zero-order valence-electron chi connectivity index (χ0n) is 13.6. The molecule has 23 heavy (non-hydrogen) atoms. The second-order valence-corrected chi connectivity index (χ2v) is 7.90. The number of carboxylic acids is 2. The minimum atomic E-state index is -3.95. The maximum atomic E-state index is 12.5. The Labute approximate surface area is 135 Å². The third-order valence-electron chi connectivity index (χ3n) is 3.52. The summed E-state index contributed by atoms with van der Waals surface area (Å²) in [5.41, 5.74) is -3.44. The van der Waals surface area contributed by atoms with E-state index < -0.39 is 30.4 Å². The molecule has 3 unspecified atom stereocenters. The lowest BCUT2D eigenvalue weighted by Crippen LogP contribution is -2.42. The Hall–Kier alpha value is -1.43. The Morgan fingerprint density at radius 3 is 2.22 bits per heavy atom. The molecule has 4 N–H and O–H groups in total. The number of unbranched alkanes of at least 4 members (excludes halogenated alkanes) is 1. The van der Waals surface area contributed by atoms with Crippen molar-refractivity contribution in [2.24, 2.45) is 5.41 Å². The van der Waals surface area contributed by atoms with Crippen molar-refractivity contribution < 1.29 is 34.4 Å². The van der Waals surface area contributed by atoms with Crippen molar-refractivity contribution >= 4 is 19.3 Å². The van der Waals surface area contributed by atoms with Gasteiger partial charge in [0.05, 0.1) is 16.6 Å². The highest BCUT2D eigenvalue weighted by Crippen LogP contribution is 2.58. The number of carboxylic acid groups (broad SMARTS) is 2. The molecule has 1 rings (SSSR count). The molecule has 0 saturated carbocycles. The van der Waals surface area contributed by atoms with Crippen LogP contribution in [-0.4, -0.2) is 50.6 Å². The first-order valence-electron chi connectivity index (χ1n) is 7.36. The Balaban J connectivity index is 0.00000149. The molecule has 0 amide bonds. The van der Waals surface area contributed by atoms with E-state index in [4.69, 9.17) is 5.11 Å². The fourth-order valence-corrected chi connectivity index (χ4v) is 5.08. The van der Waals surface area contributed by atoms with Crippen molar-refractivity contribution in [3.8, 4) is 0 Å². The van der Waals surface area contributed by atoms with Crippen molar-refractivity contribution in [1.29, 1.82) is 0 Å². The first-order valence-corrected chi connectivity index (χ1v) is 9.28. The van der Waals surface area contributed by atoms with Gasteiger partial charge in [0.25, 0.3) is 0 Å². The van der Waals surface area contributed by atoms with E-state index in [1.54, 1.807) is 6.92 Å². The Morgan fingerprint density at radius 2 is 1.83 bits per heavy atom. The van der Waals surface area contributed by atoms with Gasteiger partial charge in [-0.1, -0.05) is 31.6 Å². The second kappa shape index (κ2) is 9.01. The summed E-state index contributed by atoms with van der Waals surface area (Å²) in [5.74, 6) is -2.67. The molecule has 0 heterocycles. The van der Waals surface area contributed by atoms with Crippen LogP contribution in [0.15, 0.2) is 23.8 Å². The predicted octanol–water partition coefficient (Wildman–Crippen LogP) is 2.10. The smallest absolute Gasteiger partial charge is 0.332 e. The highest BCUT2D eigenvalue weighted by Gasteiger charge is 2.53. The minimum Gasteiger partial charge on any atom is -0.481 e. The number of aliphatic hydroxyl groups excluding tert-OH is 1. The van der Waals surface area contributed by atoms with Crippen LogP contribution in [0.1, 0.15) is 33.6 Å². The van der Waals surface area contributed by atoms with Crippen molar-refractivity contribution in [3.63, 3.8) is 0 Å². The lowest BCUT2D eigenvalue weighted by atomic mass is 9.79. The molecule has 0 aromatic heterocycles. The first kappa shape index (κ1) is 21.6. The van der Waals surface area contributed by atoms with E-state index in [1.165, 1.54) is 25.2 Å². The van der Waals surface area contributed by atoms with Crippen molar-refractivity contribution in [2.45, 2.75) is 39.3 Å². The van der Waals surface area contributed by atoms with Crippen LogP contribution in [0.3, 0.4) is 0 Å². The quantitative estimate of drug-likeness (QED) is 0.540. The molecule has 0 aromatic rings. The van der Waals surface area contributed by atoms with Gasteiger partial charge in [-0.25, -0.2) is 4.79 Å². The molecule has 7 nitrogen and oxygen atoms in total. The summed E-state index contributed by atoms with van der Waals surface area (Å²) in [7, 11) is -3.95. The molecule has 0 bridgehead atoms. The Kier molecular flexibility index (Phi) is 8.45. The SMILES string of the molecule is CCCCP(=O)(O)C1C(C(=O)O)=CC=CC1(C)C(=O)O.CCO.